The molecular weight excluding hydrogens is 1060 g/mol. The van der Waals surface area contributed by atoms with E-state index in [1.54, 1.807) is 12.1 Å². The van der Waals surface area contributed by atoms with Crippen molar-refractivity contribution in [2.75, 3.05) is 13.2 Å². The third-order valence-electron chi connectivity index (χ3n) is 28.8. The summed E-state index contributed by atoms with van der Waals surface area (Å²) in [4.78, 5) is 59.0. The summed E-state index contributed by atoms with van der Waals surface area (Å²) >= 11 is 0. The number of benzene rings is 2. The van der Waals surface area contributed by atoms with Gasteiger partial charge in [0.25, 0.3) is 0 Å². The molecule has 12 nitrogen and oxygen atoms in total. The largest absolute Gasteiger partial charge is 0.504 e. The van der Waals surface area contributed by atoms with Crippen LogP contribution in [0.15, 0.2) is 47.6 Å². The number of phenolic OH excluding ortho intramolecular Hbond substituents is 2. The van der Waals surface area contributed by atoms with Gasteiger partial charge in [-0.2, -0.15) is 0 Å². The number of esters is 2. The van der Waals surface area contributed by atoms with Crippen LogP contribution in [0.5, 0.6) is 11.5 Å². The predicted octanol–water partition coefficient (Wildman–Crippen LogP) is 15.0. The number of aliphatic hydroxyl groups is 2. The number of hydrogen-bond donors (Lipinski definition) is 6. The number of hydrogen-bond acceptors (Lipinski definition) is 10. The van der Waals surface area contributed by atoms with Crippen molar-refractivity contribution in [3.63, 3.8) is 0 Å². The number of carboxylic acids is 2. The first kappa shape index (κ1) is 59.9. The minimum absolute atomic E-state index is 0.0227. The zero-order valence-corrected chi connectivity index (χ0v) is 52.8. The molecule has 0 bridgehead atoms. The van der Waals surface area contributed by atoms with E-state index in [9.17, 15) is 40.2 Å². The van der Waals surface area contributed by atoms with E-state index in [4.69, 9.17) is 9.47 Å². The number of aromatic hydroxyl groups is 2. The number of allylic oxidation sites excluding steroid dienone is 2. The van der Waals surface area contributed by atoms with Crippen LogP contribution in [0, 0.1) is 100 Å². The molecule has 8 saturated carbocycles. The molecule has 6 N–H and O–H groups in total. The zero-order valence-electron chi connectivity index (χ0n) is 52.8. The average molecular weight is 1160 g/mol. The van der Waals surface area contributed by atoms with Crippen LogP contribution in [0.3, 0.4) is 0 Å². The van der Waals surface area contributed by atoms with Crippen molar-refractivity contribution in [2.24, 2.45) is 100 Å². The summed E-state index contributed by atoms with van der Waals surface area (Å²) in [6.45, 7) is 27.4. The molecule has 0 aliphatic heterocycles. The third-order valence-corrected chi connectivity index (χ3v) is 28.8. The normalized spacial score (nSPS) is 43.8. The first-order valence-electron chi connectivity index (χ1n) is 32.6. The van der Waals surface area contributed by atoms with E-state index in [1.807, 2.05) is 0 Å². The molecule has 10 aliphatic carbocycles. The summed E-state index contributed by atoms with van der Waals surface area (Å²) in [5.41, 5.74) is -3.23. The maximum atomic E-state index is 15.7. The second-order valence-corrected chi connectivity index (χ2v) is 33.8. The molecule has 0 radical (unpaired) electrons. The van der Waals surface area contributed by atoms with Crippen LogP contribution in [0.2, 0.25) is 0 Å². The van der Waals surface area contributed by atoms with Crippen LogP contribution < -0.4 is 0 Å². The number of carboxylic acid groups (broad SMARTS) is 2. The summed E-state index contributed by atoms with van der Waals surface area (Å²) in [5.74, 6) is -3.48. The van der Waals surface area contributed by atoms with Crippen molar-refractivity contribution in [1.82, 2.24) is 0 Å². The minimum atomic E-state index is -0.948. The van der Waals surface area contributed by atoms with Crippen molar-refractivity contribution >= 4 is 34.6 Å². The monoisotopic (exact) mass is 1160 g/mol. The van der Waals surface area contributed by atoms with E-state index in [-0.39, 0.29) is 104 Å². The first-order valence-corrected chi connectivity index (χ1v) is 32.6. The van der Waals surface area contributed by atoms with Gasteiger partial charge in [-0.3, -0.25) is 9.59 Å². The highest BCUT2D eigenvalue weighted by Gasteiger charge is 2.73. The number of aliphatic hydroxyl groups excluding tert-OH is 2. The van der Waals surface area contributed by atoms with E-state index < -0.39 is 68.6 Å². The van der Waals surface area contributed by atoms with Gasteiger partial charge in [-0.15, -0.1) is 0 Å². The fraction of sp³-hybridized carbons (Fsp3) is 0.750. The molecule has 2 aromatic carbocycles. The standard InChI is InChI=1S/C72H100O12/c1-61(2)25-27-69(59(79)80)29-31-71(45(47(69)37-61)13-15-53-65(9)21-19-55(75)63(5,6)51(65)17-23-67(53,71)11)39-83-57(77)43-33-41-35-49(73)50(74)36-42(41)34-44(43)58(78)84-40-72-32-30-70(60(81)82)28-26-62(3,4)38-48(70)46(72)14-16-54-66(10)22-20-56(76)64(7,8)52(66)18-24-68(54,72)12/h13-14,33-36,47-48,51-56,73-76H,15-32,37-40H2,1-12H3,(H,79,80)(H,81,82)/t47-,48-,51-,52-,53+,54+,55-,56-,65-,66-,67+,68+,69-,70-,71-,72-/m0/s1. The van der Waals surface area contributed by atoms with Crippen LogP contribution in [-0.2, 0) is 19.1 Å². The number of carbonyl (C=O) groups is 4. The van der Waals surface area contributed by atoms with Gasteiger partial charge in [-0.05, 0) is 242 Å². The summed E-state index contributed by atoms with van der Waals surface area (Å²) < 4.78 is 13.8. The van der Waals surface area contributed by atoms with Crippen molar-refractivity contribution in [3.8, 4) is 11.5 Å². The Bertz CT molecular complexity index is 2960. The molecule has 8 fully saturated rings. The lowest BCUT2D eigenvalue weighted by Crippen LogP contribution is -2.66. The second kappa shape index (κ2) is 19.0. The van der Waals surface area contributed by atoms with Crippen molar-refractivity contribution in [2.45, 2.75) is 224 Å². The van der Waals surface area contributed by atoms with E-state index >= 15 is 9.59 Å². The van der Waals surface area contributed by atoms with Crippen LogP contribution in [0.25, 0.3) is 10.8 Å². The molecule has 0 spiro atoms. The molecule has 12 heteroatoms. The highest BCUT2D eigenvalue weighted by atomic mass is 16.5. The van der Waals surface area contributed by atoms with E-state index in [2.05, 4.69) is 95.2 Å². The fourth-order valence-corrected chi connectivity index (χ4v) is 23.7. The minimum Gasteiger partial charge on any atom is -0.504 e. The zero-order chi connectivity index (χ0) is 60.8. The SMILES string of the molecule is CC1(C)CC[C@]2(C(=O)O)CC[C@]3(COC(=O)c4cc5cc(O)c(O)cc5cc4C(=O)OC[C@@]45CC[C@@]6(C(=O)O)CCC(C)(C)C[C@H]6C4=CC[C@@H]4[C@@]6(C)CC[C@H](O)C(C)(C)[C@@H]6CC[C@]45C)C(=CC[C@@H]4[C@@]5(C)CC[C@H](O)C(C)(C)[C@@H]5CC[C@]43C)[C@@H]2C1. The van der Waals surface area contributed by atoms with Gasteiger partial charge in [0.2, 0.25) is 0 Å². The molecule has 0 amide bonds. The Balaban J connectivity index is 0.936. The van der Waals surface area contributed by atoms with E-state index in [0.29, 0.717) is 75.0 Å². The molecule has 460 valence electrons. The molecule has 16 atom stereocenters. The van der Waals surface area contributed by atoms with Gasteiger partial charge >= 0.3 is 23.9 Å². The van der Waals surface area contributed by atoms with Crippen LogP contribution >= 0.6 is 0 Å². The molecule has 84 heavy (non-hydrogen) atoms. The molecule has 10 aliphatic rings. The maximum absolute atomic E-state index is 15.7. The predicted molar refractivity (Wildman–Crippen MR) is 322 cm³/mol. The van der Waals surface area contributed by atoms with Crippen molar-refractivity contribution in [1.29, 1.82) is 0 Å². The number of aliphatic carboxylic acids is 2. The summed E-state index contributed by atoms with van der Waals surface area (Å²) in [6, 6.07) is 5.88. The van der Waals surface area contributed by atoms with Gasteiger partial charge < -0.3 is 40.1 Å². The summed E-state index contributed by atoms with van der Waals surface area (Å²) in [7, 11) is 0. The van der Waals surface area contributed by atoms with Gasteiger partial charge in [-0.1, -0.05) is 106 Å². The maximum Gasteiger partial charge on any atom is 0.339 e. The molecule has 0 unspecified atom stereocenters. The van der Waals surface area contributed by atoms with Crippen molar-refractivity contribution < 1.29 is 59.3 Å². The Kier molecular flexibility index (Phi) is 13.6. The van der Waals surface area contributed by atoms with E-state index in [1.165, 1.54) is 12.1 Å². The summed E-state index contributed by atoms with van der Waals surface area (Å²) in [6.07, 6.45) is 18.1. The number of carbonyl (C=O) groups excluding carboxylic acids is 2. The average Bonchev–Trinajstić information content (AvgIpc) is 0.833. The number of rotatable bonds is 8. The lowest BCUT2D eigenvalue weighted by atomic mass is 9.33. The molecular formula is C72H100O12. The Morgan fingerprint density at radius 1 is 0.464 bits per heavy atom. The smallest absolute Gasteiger partial charge is 0.339 e. The fourth-order valence-electron chi connectivity index (χ4n) is 23.7. The quantitative estimate of drug-likeness (QED) is 0.0829. The van der Waals surface area contributed by atoms with Gasteiger partial charge in [0.1, 0.15) is 13.2 Å². The van der Waals surface area contributed by atoms with Crippen molar-refractivity contribution in [3.05, 3.63) is 58.7 Å². The van der Waals surface area contributed by atoms with Gasteiger partial charge in [-0.25, -0.2) is 9.59 Å². The summed E-state index contributed by atoms with van der Waals surface area (Å²) in [5, 5.41) is 68.3. The molecule has 0 saturated heterocycles. The van der Waals surface area contributed by atoms with E-state index in [0.717, 1.165) is 75.4 Å². The Hall–Kier alpha value is -4.42. The Labute approximate surface area is 499 Å². The highest BCUT2D eigenvalue weighted by Crippen LogP contribution is 2.78. The Morgan fingerprint density at radius 2 is 0.821 bits per heavy atom. The lowest BCUT2D eigenvalue weighted by Gasteiger charge is -2.71. The number of phenols is 2. The number of ether oxygens (including phenoxy) is 2. The van der Waals surface area contributed by atoms with Crippen LogP contribution in [0.4, 0.5) is 0 Å². The third kappa shape index (κ3) is 8.06. The first-order chi connectivity index (χ1) is 39.0. The molecule has 2 aromatic rings. The van der Waals surface area contributed by atoms with Gasteiger partial charge in [0.15, 0.2) is 11.5 Å². The molecule has 0 heterocycles. The second-order valence-electron chi connectivity index (χ2n) is 33.8. The Morgan fingerprint density at radius 3 is 1.18 bits per heavy atom. The van der Waals surface area contributed by atoms with Crippen LogP contribution in [0.1, 0.15) is 232 Å². The van der Waals surface area contributed by atoms with Crippen LogP contribution in [-0.4, -0.2) is 79.9 Å². The highest BCUT2D eigenvalue weighted by molar-refractivity contribution is 6.08. The van der Waals surface area contributed by atoms with Gasteiger partial charge in [0.05, 0.1) is 34.2 Å². The topological polar surface area (TPSA) is 208 Å². The molecule has 12 rings (SSSR count). The lowest BCUT2D eigenvalue weighted by molar-refractivity contribution is -0.214. The molecule has 0 aromatic heterocycles. The van der Waals surface area contributed by atoms with Gasteiger partial charge in [0, 0.05) is 10.8 Å². The number of fused-ring (bicyclic) bond motifs is 15.